The van der Waals surface area contributed by atoms with Gasteiger partial charge >= 0.3 is 6.03 Å². The summed E-state index contributed by atoms with van der Waals surface area (Å²) in [6, 6.07) is 7.90. The number of aliphatic hydroxyl groups excluding tert-OH is 1. The standard InChI is InChI=1S/C20H24N6O2/c1-13(12-27)24-19-22-10-16-5-7-26(11-18(16)25-19)20(28)23-9-14-2-3-17-15(8-14)4-6-21-17/h2-4,6,8,10,13,21,27H,5,7,9,11-12H2,1H3,(H,23,28)(H,22,24,25). The summed E-state index contributed by atoms with van der Waals surface area (Å²) in [5.41, 5.74) is 4.05. The molecular weight excluding hydrogens is 356 g/mol. The molecular formula is C20H24N6O2. The van der Waals surface area contributed by atoms with Crippen molar-refractivity contribution in [1.29, 1.82) is 0 Å². The second-order valence-electron chi connectivity index (χ2n) is 7.12. The van der Waals surface area contributed by atoms with Crippen LogP contribution >= 0.6 is 0 Å². The van der Waals surface area contributed by atoms with Gasteiger partial charge in [-0.1, -0.05) is 6.07 Å². The van der Waals surface area contributed by atoms with Gasteiger partial charge in [-0.2, -0.15) is 0 Å². The highest BCUT2D eigenvalue weighted by atomic mass is 16.3. The maximum atomic E-state index is 12.6. The number of aromatic nitrogens is 3. The molecule has 0 saturated heterocycles. The first-order chi connectivity index (χ1) is 13.6. The third-order valence-corrected chi connectivity index (χ3v) is 4.94. The molecule has 1 aliphatic heterocycles. The van der Waals surface area contributed by atoms with E-state index in [9.17, 15) is 4.79 Å². The van der Waals surface area contributed by atoms with E-state index in [1.807, 2.05) is 31.3 Å². The van der Waals surface area contributed by atoms with Crippen LogP contribution in [0.1, 0.15) is 23.7 Å². The third kappa shape index (κ3) is 3.91. The number of amides is 2. The van der Waals surface area contributed by atoms with Crippen molar-refractivity contribution in [2.75, 3.05) is 18.5 Å². The molecule has 28 heavy (non-hydrogen) atoms. The van der Waals surface area contributed by atoms with Crippen molar-refractivity contribution in [2.24, 2.45) is 0 Å². The third-order valence-electron chi connectivity index (χ3n) is 4.94. The van der Waals surface area contributed by atoms with E-state index in [0.29, 0.717) is 25.6 Å². The van der Waals surface area contributed by atoms with E-state index in [-0.39, 0.29) is 18.7 Å². The highest BCUT2D eigenvalue weighted by molar-refractivity contribution is 5.80. The molecule has 1 atom stereocenters. The minimum atomic E-state index is -0.126. The zero-order chi connectivity index (χ0) is 19.5. The Kier molecular flexibility index (Phi) is 5.12. The van der Waals surface area contributed by atoms with Gasteiger partial charge < -0.3 is 25.6 Å². The molecule has 8 nitrogen and oxygen atoms in total. The highest BCUT2D eigenvalue weighted by Gasteiger charge is 2.22. The van der Waals surface area contributed by atoms with Crippen LogP contribution in [0.3, 0.4) is 0 Å². The Morgan fingerprint density at radius 1 is 1.39 bits per heavy atom. The number of nitrogens with one attached hydrogen (secondary N) is 3. The summed E-state index contributed by atoms with van der Waals surface area (Å²) in [5.74, 6) is 0.474. The fourth-order valence-corrected chi connectivity index (χ4v) is 3.31. The number of hydrogen-bond donors (Lipinski definition) is 4. The summed E-state index contributed by atoms with van der Waals surface area (Å²) < 4.78 is 0. The molecule has 2 amide bonds. The predicted molar refractivity (Wildman–Crippen MR) is 107 cm³/mol. The Morgan fingerprint density at radius 2 is 2.29 bits per heavy atom. The van der Waals surface area contributed by atoms with Crippen molar-refractivity contribution < 1.29 is 9.90 Å². The fraction of sp³-hybridized carbons (Fsp3) is 0.350. The molecule has 1 aliphatic rings. The molecule has 1 unspecified atom stereocenters. The number of benzene rings is 1. The maximum Gasteiger partial charge on any atom is 0.318 e. The molecule has 146 valence electrons. The van der Waals surface area contributed by atoms with E-state index in [0.717, 1.165) is 34.1 Å². The smallest absolute Gasteiger partial charge is 0.318 e. The van der Waals surface area contributed by atoms with E-state index in [1.165, 1.54) is 0 Å². The molecule has 3 aromatic rings. The van der Waals surface area contributed by atoms with Gasteiger partial charge in [0.15, 0.2) is 0 Å². The number of carbonyl (C=O) groups is 1. The van der Waals surface area contributed by atoms with Gasteiger partial charge in [-0.25, -0.2) is 14.8 Å². The molecule has 4 N–H and O–H groups in total. The van der Waals surface area contributed by atoms with Gasteiger partial charge in [0, 0.05) is 37.0 Å². The molecule has 0 saturated carbocycles. The molecule has 0 radical (unpaired) electrons. The van der Waals surface area contributed by atoms with Crippen molar-refractivity contribution in [1.82, 2.24) is 25.2 Å². The largest absolute Gasteiger partial charge is 0.394 e. The van der Waals surface area contributed by atoms with Crippen LogP contribution in [0.15, 0.2) is 36.7 Å². The number of fused-ring (bicyclic) bond motifs is 2. The highest BCUT2D eigenvalue weighted by Crippen LogP contribution is 2.18. The quantitative estimate of drug-likeness (QED) is 0.542. The van der Waals surface area contributed by atoms with Crippen LogP contribution in [0.2, 0.25) is 0 Å². The van der Waals surface area contributed by atoms with Gasteiger partial charge in [0.05, 0.1) is 18.8 Å². The average Bonchev–Trinajstić information content (AvgIpc) is 3.19. The normalized spacial score (nSPS) is 14.6. The number of carbonyl (C=O) groups excluding carboxylic acids is 1. The second-order valence-corrected chi connectivity index (χ2v) is 7.12. The van der Waals surface area contributed by atoms with Crippen molar-refractivity contribution in [2.45, 2.75) is 32.5 Å². The molecule has 4 rings (SSSR count). The van der Waals surface area contributed by atoms with Crippen LogP contribution in [-0.4, -0.2) is 50.2 Å². The van der Waals surface area contributed by atoms with Gasteiger partial charge in [-0.3, -0.25) is 0 Å². The summed E-state index contributed by atoms with van der Waals surface area (Å²) >= 11 is 0. The predicted octanol–water partition coefficient (Wildman–Crippen LogP) is 2.02. The first-order valence-electron chi connectivity index (χ1n) is 9.43. The summed E-state index contributed by atoms with van der Waals surface area (Å²) in [7, 11) is 0. The second kappa shape index (κ2) is 7.85. The minimum absolute atomic E-state index is 0.00350. The van der Waals surface area contributed by atoms with E-state index < -0.39 is 0 Å². The van der Waals surface area contributed by atoms with Crippen LogP contribution in [-0.2, 0) is 19.5 Å². The number of urea groups is 1. The van der Waals surface area contributed by atoms with Gasteiger partial charge in [-0.05, 0) is 48.1 Å². The number of aromatic amines is 1. The zero-order valence-electron chi connectivity index (χ0n) is 15.8. The van der Waals surface area contributed by atoms with E-state index >= 15 is 0 Å². The van der Waals surface area contributed by atoms with E-state index in [1.54, 1.807) is 11.1 Å². The molecule has 0 aliphatic carbocycles. The number of aliphatic hydroxyl groups is 1. The van der Waals surface area contributed by atoms with Crippen molar-refractivity contribution >= 4 is 22.9 Å². The molecule has 0 fully saturated rings. The Hall–Kier alpha value is -3.13. The lowest BCUT2D eigenvalue weighted by Crippen LogP contribution is -2.42. The summed E-state index contributed by atoms with van der Waals surface area (Å²) in [4.78, 5) is 26.4. The number of H-pyrrole nitrogens is 1. The zero-order valence-corrected chi connectivity index (χ0v) is 15.8. The Balaban J connectivity index is 1.38. The number of rotatable bonds is 5. The van der Waals surface area contributed by atoms with Crippen LogP contribution in [0.25, 0.3) is 10.9 Å². The number of anilines is 1. The van der Waals surface area contributed by atoms with Gasteiger partial charge in [0.25, 0.3) is 0 Å². The van der Waals surface area contributed by atoms with E-state index in [2.05, 4.69) is 31.7 Å². The fourth-order valence-electron chi connectivity index (χ4n) is 3.31. The lowest BCUT2D eigenvalue weighted by molar-refractivity contribution is 0.191. The first-order valence-corrected chi connectivity index (χ1v) is 9.43. The summed E-state index contributed by atoms with van der Waals surface area (Å²) in [6.45, 7) is 3.42. The lowest BCUT2D eigenvalue weighted by atomic mass is 10.1. The Labute approximate surface area is 163 Å². The molecule has 0 spiro atoms. The molecule has 1 aromatic carbocycles. The van der Waals surface area contributed by atoms with E-state index in [4.69, 9.17) is 5.11 Å². The van der Waals surface area contributed by atoms with Crippen LogP contribution in [0.4, 0.5) is 10.7 Å². The molecule has 2 aromatic heterocycles. The molecule has 0 bridgehead atoms. The van der Waals surface area contributed by atoms with Gasteiger partial charge in [-0.15, -0.1) is 0 Å². The number of hydrogen-bond acceptors (Lipinski definition) is 5. The van der Waals surface area contributed by atoms with Gasteiger partial charge in [0.1, 0.15) is 0 Å². The monoisotopic (exact) mass is 380 g/mol. The van der Waals surface area contributed by atoms with Gasteiger partial charge in [0.2, 0.25) is 5.95 Å². The Morgan fingerprint density at radius 3 is 3.14 bits per heavy atom. The Bertz CT molecular complexity index is 986. The van der Waals surface area contributed by atoms with Crippen LogP contribution in [0, 0.1) is 0 Å². The summed E-state index contributed by atoms with van der Waals surface area (Å²) in [5, 5.41) is 16.3. The number of nitrogens with zero attached hydrogens (tertiary/aromatic N) is 3. The topological polar surface area (TPSA) is 106 Å². The molecule has 8 heteroatoms. The van der Waals surface area contributed by atoms with Crippen molar-refractivity contribution in [3.05, 3.63) is 53.5 Å². The van der Waals surface area contributed by atoms with Crippen molar-refractivity contribution in [3.63, 3.8) is 0 Å². The first kappa shape index (κ1) is 18.2. The van der Waals surface area contributed by atoms with Crippen LogP contribution in [0.5, 0.6) is 0 Å². The minimum Gasteiger partial charge on any atom is -0.394 e. The van der Waals surface area contributed by atoms with Crippen molar-refractivity contribution in [3.8, 4) is 0 Å². The SMILES string of the molecule is CC(CO)Nc1ncc2c(n1)CN(C(=O)NCc1ccc3[nH]ccc3c1)CC2. The summed E-state index contributed by atoms with van der Waals surface area (Å²) in [6.07, 6.45) is 4.44. The lowest BCUT2D eigenvalue weighted by Gasteiger charge is -2.28. The van der Waals surface area contributed by atoms with Crippen LogP contribution < -0.4 is 10.6 Å². The molecule has 3 heterocycles. The average molecular weight is 380 g/mol. The maximum absolute atomic E-state index is 12.6.